The maximum Gasteiger partial charge on any atom is 0.220 e. The molecule has 9 N–H and O–H groups in total. The molecular weight excluding hydrogens is 1150 g/mol. The highest BCUT2D eigenvalue weighted by Gasteiger charge is 2.51. The molecule has 14 heteroatoms. The minimum Gasteiger partial charge on any atom is -0.394 e. The van der Waals surface area contributed by atoms with Crippen molar-refractivity contribution in [2.24, 2.45) is 0 Å². The maximum atomic E-state index is 13.3. The van der Waals surface area contributed by atoms with Crippen LogP contribution in [-0.2, 0) is 23.7 Å². The van der Waals surface area contributed by atoms with Gasteiger partial charge in [-0.15, -0.1) is 0 Å². The summed E-state index contributed by atoms with van der Waals surface area (Å²) in [6, 6.07) is -0.938. The number of rotatable bonds is 63. The Morgan fingerprint density at radius 1 is 0.396 bits per heavy atom. The highest BCUT2D eigenvalue weighted by Crippen LogP contribution is 2.30. The fourth-order valence-electron chi connectivity index (χ4n) is 12.4. The minimum absolute atomic E-state index is 0.251. The van der Waals surface area contributed by atoms with Crippen LogP contribution in [0.15, 0.2) is 60.8 Å². The topological polar surface area (TPSA) is 228 Å². The quantitative estimate of drug-likeness (QED) is 0.0204. The first-order valence-corrected chi connectivity index (χ1v) is 38.0. The predicted molar refractivity (Wildman–Crippen MR) is 374 cm³/mol. The molecule has 0 aromatic heterocycles. The van der Waals surface area contributed by atoms with Gasteiger partial charge >= 0.3 is 0 Å². The summed E-state index contributed by atoms with van der Waals surface area (Å²) in [6.45, 7) is 2.81. The molecule has 0 aromatic carbocycles. The van der Waals surface area contributed by atoms with Gasteiger partial charge in [0.1, 0.15) is 48.8 Å². The van der Waals surface area contributed by atoms with Crippen LogP contribution in [0, 0.1) is 0 Å². The Labute approximate surface area is 556 Å². The van der Waals surface area contributed by atoms with Gasteiger partial charge in [-0.05, 0) is 70.6 Å². The summed E-state index contributed by atoms with van der Waals surface area (Å²) in [6.07, 6.45) is 65.8. The van der Waals surface area contributed by atoms with Gasteiger partial charge in [0, 0.05) is 6.42 Å². The zero-order valence-corrected chi connectivity index (χ0v) is 58.1. The number of unbranched alkanes of at least 4 members (excludes halogenated alkanes) is 42. The first-order chi connectivity index (χ1) is 44.6. The molecule has 14 nitrogen and oxygen atoms in total. The zero-order chi connectivity index (χ0) is 65.9. The van der Waals surface area contributed by atoms with Gasteiger partial charge in [-0.25, -0.2) is 0 Å². The maximum absolute atomic E-state index is 13.3. The molecule has 2 aliphatic heterocycles. The fourth-order valence-corrected chi connectivity index (χ4v) is 12.4. The highest BCUT2D eigenvalue weighted by molar-refractivity contribution is 5.76. The molecule has 532 valence electrons. The monoisotopic (exact) mass is 1290 g/mol. The normalized spacial score (nSPS) is 23.1. The molecule has 0 saturated carbocycles. The van der Waals surface area contributed by atoms with Crippen molar-refractivity contribution < 1.29 is 64.6 Å². The van der Waals surface area contributed by atoms with Gasteiger partial charge in [-0.3, -0.25) is 4.79 Å². The molecule has 0 radical (unpaired) electrons. The summed E-state index contributed by atoms with van der Waals surface area (Å²) in [5, 5.41) is 87.5. The molecule has 0 aromatic rings. The number of hydrogen-bond donors (Lipinski definition) is 9. The Morgan fingerprint density at radius 3 is 1.15 bits per heavy atom. The Balaban J connectivity index is 1.66. The van der Waals surface area contributed by atoms with Crippen molar-refractivity contribution in [1.29, 1.82) is 0 Å². The van der Waals surface area contributed by atoms with Crippen molar-refractivity contribution in [2.45, 2.75) is 402 Å². The molecule has 0 aliphatic carbocycles. The number of allylic oxidation sites excluding steroid dienone is 9. The SMILES string of the molecule is CCCCCCC/C=C\C/C=C\C/C=C\CCCCCCCCCCCCC(=O)NC(COC1OC(CO)C(OC2OC(CO)C(O)C(O)C2O)C(O)C1O)C(O)/C=C/CC/C=C/CCCCCCCCCCCCCCCCCCCCCCCCCCCC. The average Bonchev–Trinajstić information content (AvgIpc) is 1.15. The van der Waals surface area contributed by atoms with E-state index in [1.807, 2.05) is 6.08 Å². The third-order valence-corrected chi connectivity index (χ3v) is 18.4. The highest BCUT2D eigenvalue weighted by atomic mass is 16.7. The average molecular weight is 1290 g/mol. The summed E-state index contributed by atoms with van der Waals surface area (Å²) in [4.78, 5) is 13.3. The van der Waals surface area contributed by atoms with E-state index in [1.165, 1.54) is 244 Å². The van der Waals surface area contributed by atoms with Crippen molar-refractivity contribution >= 4 is 5.91 Å². The molecular formula is C77H141NO13. The Kier molecular flexibility index (Phi) is 57.1. The molecule has 0 spiro atoms. The van der Waals surface area contributed by atoms with E-state index in [2.05, 4.69) is 67.8 Å². The van der Waals surface area contributed by atoms with Crippen LogP contribution in [-0.4, -0.2) is 140 Å². The largest absolute Gasteiger partial charge is 0.394 e. The van der Waals surface area contributed by atoms with Crippen molar-refractivity contribution in [3.63, 3.8) is 0 Å². The number of hydrogen-bond acceptors (Lipinski definition) is 13. The lowest BCUT2D eigenvalue weighted by Gasteiger charge is -2.46. The van der Waals surface area contributed by atoms with Crippen LogP contribution < -0.4 is 5.32 Å². The number of carbonyl (C=O) groups is 1. The van der Waals surface area contributed by atoms with Crippen LogP contribution >= 0.6 is 0 Å². The van der Waals surface area contributed by atoms with Gasteiger partial charge in [0.05, 0.1) is 32.0 Å². The lowest BCUT2D eigenvalue weighted by atomic mass is 9.97. The van der Waals surface area contributed by atoms with Crippen molar-refractivity contribution in [1.82, 2.24) is 5.32 Å². The lowest BCUT2D eigenvalue weighted by molar-refractivity contribution is -0.359. The van der Waals surface area contributed by atoms with Crippen molar-refractivity contribution in [3.05, 3.63) is 60.8 Å². The predicted octanol–water partition coefficient (Wildman–Crippen LogP) is 16.4. The lowest BCUT2D eigenvalue weighted by Crippen LogP contribution is -2.65. The number of amides is 1. The third-order valence-electron chi connectivity index (χ3n) is 18.4. The molecule has 12 unspecified atom stereocenters. The summed E-state index contributed by atoms with van der Waals surface area (Å²) in [5.41, 5.74) is 0. The molecule has 2 fully saturated rings. The summed E-state index contributed by atoms with van der Waals surface area (Å²) >= 11 is 0. The van der Waals surface area contributed by atoms with Gasteiger partial charge in [-0.2, -0.15) is 0 Å². The van der Waals surface area contributed by atoms with E-state index >= 15 is 0 Å². The van der Waals surface area contributed by atoms with Crippen LogP contribution in [0.25, 0.3) is 0 Å². The van der Waals surface area contributed by atoms with E-state index < -0.39 is 86.8 Å². The van der Waals surface area contributed by atoms with Gasteiger partial charge in [0.15, 0.2) is 12.6 Å². The zero-order valence-electron chi connectivity index (χ0n) is 58.1. The van der Waals surface area contributed by atoms with Crippen molar-refractivity contribution in [3.8, 4) is 0 Å². The fraction of sp³-hybridized carbons (Fsp3) is 0.857. The molecule has 0 bridgehead atoms. The molecule has 2 saturated heterocycles. The number of aliphatic hydroxyl groups excluding tert-OH is 8. The summed E-state index contributed by atoms with van der Waals surface area (Å²) < 4.78 is 22.9. The summed E-state index contributed by atoms with van der Waals surface area (Å²) in [7, 11) is 0. The first kappa shape index (κ1) is 84.8. The van der Waals surface area contributed by atoms with E-state index in [4.69, 9.17) is 18.9 Å². The molecule has 2 rings (SSSR count). The van der Waals surface area contributed by atoms with Crippen LogP contribution in [0.3, 0.4) is 0 Å². The van der Waals surface area contributed by atoms with Crippen LogP contribution in [0.5, 0.6) is 0 Å². The van der Waals surface area contributed by atoms with E-state index in [0.29, 0.717) is 12.8 Å². The molecule has 2 aliphatic rings. The standard InChI is InChI=1S/C77H141NO13/c1-3-5-7-9-11-13-15-17-19-21-23-25-27-29-30-31-32-33-34-35-37-38-40-42-44-46-48-50-52-54-56-58-60-66(81)65(64-88-76-74(87)72(85)75(68(63-80)90-76)91-77-73(86)71(84)70(83)67(62-79)89-77)78-69(82)61-59-57-55-53-51-49-47-45-43-41-39-36-28-26-24-22-20-18-16-14-12-10-8-6-4-2/h16,18,22,24,28,36,50,52,58,60,65-68,70-77,79-81,83-87H,3-15,17,19-21,23,25-27,29-35,37-49,51,53-57,59,61-64H2,1-2H3,(H,78,82)/b18-16-,24-22-,36-28-,52-50+,60-58+. The number of ether oxygens (including phenoxy) is 4. The van der Waals surface area contributed by atoms with Crippen molar-refractivity contribution in [2.75, 3.05) is 19.8 Å². The number of aliphatic hydroxyl groups is 8. The van der Waals surface area contributed by atoms with Gasteiger partial charge in [0.25, 0.3) is 0 Å². The third kappa shape index (κ3) is 44.9. The van der Waals surface area contributed by atoms with Crippen LogP contribution in [0.1, 0.15) is 328 Å². The van der Waals surface area contributed by atoms with Gasteiger partial charge in [0.2, 0.25) is 5.91 Å². The molecule has 91 heavy (non-hydrogen) atoms. The van der Waals surface area contributed by atoms with Gasteiger partial charge in [-0.1, -0.05) is 312 Å². The van der Waals surface area contributed by atoms with Gasteiger partial charge < -0.3 is 65.1 Å². The number of nitrogens with one attached hydrogen (secondary N) is 1. The van der Waals surface area contributed by atoms with E-state index in [1.54, 1.807) is 6.08 Å². The Morgan fingerprint density at radius 2 is 0.736 bits per heavy atom. The second-order valence-corrected chi connectivity index (χ2v) is 26.8. The Bertz CT molecular complexity index is 1760. The Hall–Kier alpha value is -2.31. The van der Waals surface area contributed by atoms with E-state index in [9.17, 15) is 45.6 Å². The minimum atomic E-state index is -1.79. The van der Waals surface area contributed by atoms with Crippen LogP contribution in [0.2, 0.25) is 0 Å². The second kappa shape index (κ2) is 61.3. The smallest absolute Gasteiger partial charge is 0.220 e. The number of carbonyl (C=O) groups excluding carboxylic acids is 1. The van der Waals surface area contributed by atoms with E-state index in [0.717, 1.165) is 51.4 Å². The van der Waals surface area contributed by atoms with Crippen LogP contribution in [0.4, 0.5) is 0 Å². The first-order valence-electron chi connectivity index (χ1n) is 38.0. The molecule has 12 atom stereocenters. The molecule has 1 amide bonds. The summed E-state index contributed by atoms with van der Waals surface area (Å²) in [5.74, 6) is -0.251. The van der Waals surface area contributed by atoms with E-state index in [-0.39, 0.29) is 18.9 Å². The second-order valence-electron chi connectivity index (χ2n) is 26.8. The molecule has 2 heterocycles.